The molecule has 0 radical (unpaired) electrons. The average Bonchev–Trinajstić information content (AvgIpc) is 3.42. The Hall–Kier alpha value is -3.20. The van der Waals surface area contributed by atoms with Gasteiger partial charge in [0.05, 0.1) is 11.2 Å². The lowest BCUT2D eigenvalue weighted by Gasteiger charge is -2.19. The van der Waals surface area contributed by atoms with E-state index in [2.05, 4.69) is 20.2 Å². The number of rotatable bonds is 4. The second kappa shape index (κ2) is 6.75. The fraction of sp³-hybridized carbons (Fsp3) is 0.211. The first-order chi connectivity index (χ1) is 13.7. The molecule has 0 bridgehead atoms. The molecule has 0 spiro atoms. The lowest BCUT2D eigenvalue weighted by atomic mass is 10.2. The summed E-state index contributed by atoms with van der Waals surface area (Å²) in [6.07, 6.45) is 5.13. The van der Waals surface area contributed by atoms with Gasteiger partial charge >= 0.3 is 0 Å². The van der Waals surface area contributed by atoms with Crippen molar-refractivity contribution in [1.82, 2.24) is 24.7 Å². The number of hydrogen-bond acceptors (Lipinski definition) is 6. The number of benzene rings is 1. The molecule has 5 rings (SSSR count). The van der Waals surface area contributed by atoms with Crippen LogP contribution in [0.5, 0.6) is 0 Å². The number of aromatic nitrogens is 5. The number of anilines is 1. The van der Waals surface area contributed by atoms with Crippen molar-refractivity contribution in [2.24, 2.45) is 0 Å². The molecule has 1 amide bonds. The van der Waals surface area contributed by atoms with Crippen LogP contribution >= 0.6 is 11.3 Å². The fourth-order valence-corrected chi connectivity index (χ4v) is 4.33. The van der Waals surface area contributed by atoms with Crippen molar-refractivity contribution < 1.29 is 9.18 Å². The Morgan fingerprint density at radius 3 is 3.00 bits per heavy atom. The van der Waals surface area contributed by atoms with E-state index in [1.54, 1.807) is 24.5 Å². The zero-order valence-electron chi connectivity index (χ0n) is 14.7. The molecule has 0 N–H and O–H groups in total. The lowest BCUT2D eigenvalue weighted by molar-refractivity contribution is 0.0970. The van der Waals surface area contributed by atoms with E-state index in [0.717, 1.165) is 30.8 Å². The number of hydrogen-bond donors (Lipinski definition) is 0. The Bertz CT molecular complexity index is 1170. The van der Waals surface area contributed by atoms with Crippen LogP contribution < -0.4 is 4.90 Å². The number of pyridine rings is 1. The summed E-state index contributed by atoms with van der Waals surface area (Å²) in [5.41, 5.74) is 1.11. The van der Waals surface area contributed by atoms with Crippen LogP contribution in [-0.4, -0.2) is 30.6 Å². The Morgan fingerprint density at radius 2 is 2.18 bits per heavy atom. The van der Waals surface area contributed by atoms with Gasteiger partial charge in [0.2, 0.25) is 5.82 Å². The molecule has 140 valence electrons. The average molecular weight is 394 g/mol. The van der Waals surface area contributed by atoms with Crippen LogP contribution in [-0.2, 0) is 19.5 Å². The van der Waals surface area contributed by atoms with Gasteiger partial charge in [-0.3, -0.25) is 14.7 Å². The summed E-state index contributed by atoms with van der Waals surface area (Å²) < 4.78 is 16.7. The van der Waals surface area contributed by atoms with Crippen LogP contribution in [0.25, 0.3) is 10.2 Å². The SMILES string of the molecule is O=C(c1nnc2n1CCC2)N(Cc1cccnc1)c1nc2c(F)cccc2s1. The van der Waals surface area contributed by atoms with Crippen LogP contribution in [0, 0.1) is 5.82 Å². The zero-order valence-corrected chi connectivity index (χ0v) is 15.6. The van der Waals surface area contributed by atoms with Crippen molar-refractivity contribution in [3.8, 4) is 0 Å². The highest BCUT2D eigenvalue weighted by molar-refractivity contribution is 7.22. The molecule has 0 saturated heterocycles. The molecule has 4 aromatic rings. The molecule has 1 aliphatic rings. The second-order valence-electron chi connectivity index (χ2n) is 6.53. The largest absolute Gasteiger partial charge is 0.307 e. The first-order valence-electron chi connectivity index (χ1n) is 8.88. The third-order valence-corrected chi connectivity index (χ3v) is 5.74. The summed E-state index contributed by atoms with van der Waals surface area (Å²) in [7, 11) is 0. The maximum Gasteiger partial charge on any atom is 0.298 e. The van der Waals surface area contributed by atoms with Crippen molar-refractivity contribution in [2.45, 2.75) is 25.9 Å². The molecular weight excluding hydrogens is 379 g/mol. The summed E-state index contributed by atoms with van der Waals surface area (Å²) >= 11 is 1.27. The molecule has 9 heteroatoms. The molecular formula is C19H15FN6OS. The Kier molecular flexibility index (Phi) is 4.09. The predicted octanol–water partition coefficient (Wildman–Crippen LogP) is 3.22. The maximum atomic E-state index is 14.1. The highest BCUT2D eigenvalue weighted by Crippen LogP contribution is 2.32. The summed E-state index contributed by atoms with van der Waals surface area (Å²) in [5, 5.41) is 8.66. The normalized spacial score (nSPS) is 13.0. The number of aryl methyl sites for hydroxylation is 1. The molecule has 0 unspecified atom stereocenters. The van der Waals surface area contributed by atoms with Crippen molar-refractivity contribution in [2.75, 3.05) is 4.90 Å². The van der Waals surface area contributed by atoms with Gasteiger partial charge < -0.3 is 4.57 Å². The van der Waals surface area contributed by atoms with Gasteiger partial charge in [0.25, 0.3) is 5.91 Å². The van der Waals surface area contributed by atoms with Gasteiger partial charge in [-0.25, -0.2) is 9.37 Å². The molecule has 3 aromatic heterocycles. The van der Waals surface area contributed by atoms with Gasteiger partial charge in [-0.2, -0.15) is 0 Å². The van der Waals surface area contributed by atoms with Crippen LogP contribution in [0.2, 0.25) is 0 Å². The minimum Gasteiger partial charge on any atom is -0.307 e. The third kappa shape index (κ3) is 2.84. The Labute approximate surface area is 163 Å². The number of para-hydroxylation sites is 1. The van der Waals surface area contributed by atoms with Crippen LogP contribution in [0.1, 0.15) is 28.4 Å². The van der Waals surface area contributed by atoms with Gasteiger partial charge in [-0.1, -0.05) is 23.5 Å². The number of amides is 1. The molecule has 0 saturated carbocycles. The molecule has 4 heterocycles. The minimum absolute atomic E-state index is 0.260. The van der Waals surface area contributed by atoms with Crippen LogP contribution in [0.15, 0.2) is 42.7 Å². The van der Waals surface area contributed by atoms with Crippen LogP contribution in [0.4, 0.5) is 9.52 Å². The number of carbonyl (C=O) groups excluding carboxylic acids is 1. The molecule has 1 aliphatic heterocycles. The van der Waals surface area contributed by atoms with Gasteiger partial charge in [0.1, 0.15) is 17.2 Å². The zero-order chi connectivity index (χ0) is 19.1. The van der Waals surface area contributed by atoms with Gasteiger partial charge in [0.15, 0.2) is 5.13 Å². The summed E-state index contributed by atoms with van der Waals surface area (Å²) in [6, 6.07) is 8.49. The van der Waals surface area contributed by atoms with Crippen molar-refractivity contribution >= 4 is 32.6 Å². The number of halogens is 1. The maximum absolute atomic E-state index is 14.1. The summed E-state index contributed by atoms with van der Waals surface area (Å²) in [5.74, 6) is 0.400. The lowest BCUT2D eigenvalue weighted by Crippen LogP contribution is -2.32. The monoisotopic (exact) mass is 394 g/mol. The Balaban J connectivity index is 1.59. The Morgan fingerprint density at radius 1 is 1.25 bits per heavy atom. The van der Waals surface area contributed by atoms with Crippen LogP contribution in [0.3, 0.4) is 0 Å². The highest BCUT2D eigenvalue weighted by Gasteiger charge is 2.29. The molecule has 0 atom stereocenters. The third-order valence-electron chi connectivity index (χ3n) is 4.70. The first kappa shape index (κ1) is 16.9. The van der Waals surface area contributed by atoms with E-state index in [0.29, 0.717) is 9.83 Å². The van der Waals surface area contributed by atoms with E-state index >= 15 is 0 Å². The molecule has 0 aliphatic carbocycles. The van der Waals surface area contributed by atoms with Gasteiger partial charge in [-0.05, 0) is 30.2 Å². The number of nitrogens with zero attached hydrogens (tertiary/aromatic N) is 6. The summed E-state index contributed by atoms with van der Waals surface area (Å²) in [6.45, 7) is 0.981. The van der Waals surface area contributed by atoms with Crippen molar-refractivity contribution in [3.63, 3.8) is 0 Å². The fourth-order valence-electron chi connectivity index (χ4n) is 3.35. The highest BCUT2D eigenvalue weighted by atomic mass is 32.1. The van der Waals surface area contributed by atoms with Crippen molar-refractivity contribution in [1.29, 1.82) is 0 Å². The standard InChI is InChI=1S/C19H15FN6OS/c20-13-5-1-6-14-16(13)22-19(28-14)26(11-12-4-2-8-21-10-12)18(27)17-24-23-15-7-3-9-25(15)17/h1-2,4-6,8,10H,3,7,9,11H2. The van der Waals surface area contributed by atoms with E-state index < -0.39 is 5.82 Å². The quantitative estimate of drug-likeness (QED) is 0.531. The second-order valence-corrected chi connectivity index (χ2v) is 7.54. The van der Waals surface area contributed by atoms with E-state index in [-0.39, 0.29) is 23.8 Å². The van der Waals surface area contributed by atoms with E-state index in [1.165, 1.54) is 22.3 Å². The molecule has 1 aromatic carbocycles. The molecule has 0 fully saturated rings. The minimum atomic E-state index is -0.405. The first-order valence-corrected chi connectivity index (χ1v) is 9.70. The van der Waals surface area contributed by atoms with Gasteiger partial charge in [-0.15, -0.1) is 10.2 Å². The molecule has 7 nitrogen and oxygen atoms in total. The molecule has 28 heavy (non-hydrogen) atoms. The van der Waals surface area contributed by atoms with Crippen molar-refractivity contribution in [3.05, 3.63) is 65.8 Å². The number of fused-ring (bicyclic) bond motifs is 2. The van der Waals surface area contributed by atoms with E-state index in [4.69, 9.17) is 0 Å². The predicted molar refractivity (Wildman–Crippen MR) is 103 cm³/mol. The van der Waals surface area contributed by atoms with E-state index in [1.807, 2.05) is 16.7 Å². The number of thiazole rings is 1. The topological polar surface area (TPSA) is 76.8 Å². The van der Waals surface area contributed by atoms with E-state index in [9.17, 15) is 9.18 Å². The number of carbonyl (C=O) groups is 1. The smallest absolute Gasteiger partial charge is 0.298 e. The van der Waals surface area contributed by atoms with Gasteiger partial charge in [0, 0.05) is 25.4 Å². The summed E-state index contributed by atoms with van der Waals surface area (Å²) in [4.78, 5) is 23.4.